The van der Waals surface area contributed by atoms with Crippen LogP contribution in [0.1, 0.15) is 43.5 Å². The van der Waals surface area contributed by atoms with E-state index >= 15 is 4.39 Å². The van der Waals surface area contributed by atoms with E-state index in [0.717, 1.165) is 0 Å². The van der Waals surface area contributed by atoms with E-state index in [1.165, 1.54) is 16.7 Å². The van der Waals surface area contributed by atoms with Gasteiger partial charge in [0.2, 0.25) is 5.91 Å². The number of nitrogen functional groups attached to an aromatic ring is 1. The lowest BCUT2D eigenvalue weighted by Gasteiger charge is -2.41. The lowest BCUT2D eigenvalue weighted by Crippen LogP contribution is -2.54. The molecule has 0 unspecified atom stereocenters. The van der Waals surface area contributed by atoms with Gasteiger partial charge in [0.1, 0.15) is 17.3 Å². The number of carbonyl (C=O) groups is 1. The second-order valence-corrected chi connectivity index (χ2v) is 12.8. The van der Waals surface area contributed by atoms with Gasteiger partial charge in [-0.2, -0.15) is 5.26 Å². The van der Waals surface area contributed by atoms with Crippen molar-refractivity contribution in [2.24, 2.45) is 0 Å². The molecule has 238 valence electrons. The average molecular weight is 703 g/mol. The third kappa shape index (κ3) is 5.35. The Morgan fingerprint density at radius 2 is 1.89 bits per heavy atom. The van der Waals surface area contributed by atoms with Crippen LogP contribution >= 0.6 is 46.4 Å². The number of amides is 1. The number of fused-ring (bicyclic) bond motifs is 1. The zero-order valence-electron chi connectivity index (χ0n) is 25.3. The van der Waals surface area contributed by atoms with Crippen LogP contribution in [0.25, 0.3) is 28.0 Å². The van der Waals surface area contributed by atoms with E-state index in [4.69, 9.17) is 57.1 Å². The normalized spacial score (nSPS) is 15.0. The van der Waals surface area contributed by atoms with Crippen molar-refractivity contribution in [1.29, 1.82) is 5.26 Å². The molecule has 1 atom stereocenters. The lowest BCUT2D eigenvalue weighted by molar-refractivity contribution is -0.128. The quantitative estimate of drug-likeness (QED) is 0.100. The number of pyridine rings is 3. The Morgan fingerprint density at radius 3 is 2.50 bits per heavy atom. The molecule has 4 aromatic rings. The summed E-state index contributed by atoms with van der Waals surface area (Å²) < 4.78 is 16.4. The lowest BCUT2D eigenvalue weighted by atomic mass is 10.0. The van der Waals surface area contributed by atoms with E-state index in [2.05, 4.69) is 17.6 Å². The summed E-state index contributed by atoms with van der Waals surface area (Å²) in [4.78, 5) is 39.9. The molecule has 0 saturated carbocycles. The average Bonchev–Trinajstić information content (AvgIpc) is 3.02. The van der Waals surface area contributed by atoms with Crippen LogP contribution in [0.2, 0.25) is 20.1 Å². The largest absolute Gasteiger partial charge is 0.397 e. The van der Waals surface area contributed by atoms with E-state index in [0.29, 0.717) is 47.7 Å². The molecule has 1 aliphatic heterocycles. The Bertz CT molecular complexity index is 2030. The topological polar surface area (TPSA) is 121 Å². The van der Waals surface area contributed by atoms with Gasteiger partial charge < -0.3 is 15.5 Å². The number of nitrogens with two attached hydrogens (primary N) is 1. The molecule has 0 spiro atoms. The first-order chi connectivity index (χ1) is 21.7. The second kappa shape index (κ2) is 12.7. The van der Waals surface area contributed by atoms with Crippen molar-refractivity contribution in [3.63, 3.8) is 0 Å². The maximum atomic E-state index is 15.1. The fourth-order valence-corrected chi connectivity index (χ4v) is 6.80. The summed E-state index contributed by atoms with van der Waals surface area (Å²) in [5, 5.41) is 9.63. The van der Waals surface area contributed by atoms with Gasteiger partial charge in [-0.3, -0.25) is 19.1 Å². The molecule has 2 N–H and O–H groups in total. The molecule has 3 aromatic heterocycles. The minimum Gasteiger partial charge on any atom is -0.397 e. The molecule has 14 heteroatoms. The maximum Gasteiger partial charge on any atom is 0.276 e. The van der Waals surface area contributed by atoms with Crippen molar-refractivity contribution in [3.05, 3.63) is 84.1 Å². The highest BCUT2D eigenvalue weighted by atomic mass is 35.5. The Hall–Kier alpha value is -3.88. The number of benzene rings is 1. The first-order valence-electron chi connectivity index (χ1n) is 14.2. The molecule has 0 radical (unpaired) electrons. The molecular weight excluding hydrogens is 675 g/mol. The molecule has 1 aliphatic rings. The maximum absolute atomic E-state index is 15.1. The molecular formula is C32H28Cl4FN7O2. The van der Waals surface area contributed by atoms with Crippen LogP contribution in [0.3, 0.4) is 0 Å². The Kier molecular flexibility index (Phi) is 9.26. The van der Waals surface area contributed by atoms with Crippen molar-refractivity contribution in [1.82, 2.24) is 19.4 Å². The minimum absolute atomic E-state index is 0.00487. The smallest absolute Gasteiger partial charge is 0.276 e. The highest BCUT2D eigenvalue weighted by molar-refractivity contribution is 6.46. The van der Waals surface area contributed by atoms with Crippen molar-refractivity contribution in [2.75, 3.05) is 30.3 Å². The van der Waals surface area contributed by atoms with Crippen LogP contribution in [0.5, 0.6) is 0 Å². The van der Waals surface area contributed by atoms with Gasteiger partial charge in [-0.25, -0.2) is 9.37 Å². The highest BCUT2D eigenvalue weighted by Gasteiger charge is 2.33. The molecule has 1 amide bonds. The molecule has 9 nitrogen and oxygen atoms in total. The number of halogens is 5. The zero-order chi connectivity index (χ0) is 33.8. The molecule has 0 bridgehead atoms. The van der Waals surface area contributed by atoms with E-state index < -0.39 is 21.4 Å². The number of aromatic nitrogens is 3. The first kappa shape index (κ1) is 33.5. The van der Waals surface area contributed by atoms with Gasteiger partial charge in [0.15, 0.2) is 5.82 Å². The summed E-state index contributed by atoms with van der Waals surface area (Å²) in [7, 11) is 0. The van der Waals surface area contributed by atoms with Crippen LogP contribution in [-0.2, 0) is 4.79 Å². The van der Waals surface area contributed by atoms with E-state index in [1.54, 1.807) is 17.2 Å². The van der Waals surface area contributed by atoms with Crippen molar-refractivity contribution in [3.8, 4) is 23.0 Å². The number of carbonyl (C=O) groups excluding carboxylic acids is 1. The Morgan fingerprint density at radius 1 is 1.20 bits per heavy atom. The molecule has 1 aromatic carbocycles. The Balaban J connectivity index is 1.94. The van der Waals surface area contributed by atoms with Gasteiger partial charge in [0.05, 0.1) is 48.5 Å². The first-order valence-corrected chi connectivity index (χ1v) is 15.7. The summed E-state index contributed by atoms with van der Waals surface area (Å²) in [5.74, 6) is -1.36. The van der Waals surface area contributed by atoms with Crippen LogP contribution < -0.4 is 16.2 Å². The van der Waals surface area contributed by atoms with E-state index in [1.807, 2.05) is 32.6 Å². The van der Waals surface area contributed by atoms with Gasteiger partial charge in [-0.15, -0.1) is 0 Å². The van der Waals surface area contributed by atoms with Crippen molar-refractivity contribution < 1.29 is 9.18 Å². The fourth-order valence-electron chi connectivity index (χ4n) is 5.85. The number of anilines is 2. The molecule has 5 rings (SSSR count). The van der Waals surface area contributed by atoms with E-state index in [-0.39, 0.29) is 56.1 Å². The van der Waals surface area contributed by atoms with Gasteiger partial charge in [0.25, 0.3) is 5.56 Å². The number of nitriles is 1. The number of nitrogens with zero attached hydrogens (tertiary/aromatic N) is 6. The van der Waals surface area contributed by atoms with Gasteiger partial charge in [-0.1, -0.05) is 66.8 Å². The summed E-state index contributed by atoms with van der Waals surface area (Å²) in [6.07, 6.45) is 2.89. The van der Waals surface area contributed by atoms with Crippen LogP contribution in [0.4, 0.5) is 15.8 Å². The third-order valence-corrected chi connectivity index (χ3v) is 9.54. The second-order valence-electron chi connectivity index (χ2n) is 11.3. The predicted octanol–water partition coefficient (Wildman–Crippen LogP) is 7.31. The van der Waals surface area contributed by atoms with Crippen LogP contribution in [-0.4, -0.2) is 51.0 Å². The van der Waals surface area contributed by atoms with Crippen LogP contribution in [0, 0.1) is 24.1 Å². The fraction of sp³-hybridized carbons (Fsp3) is 0.281. The summed E-state index contributed by atoms with van der Waals surface area (Å²) in [5.41, 5.74) is 7.27. The van der Waals surface area contributed by atoms with Gasteiger partial charge >= 0.3 is 0 Å². The van der Waals surface area contributed by atoms with E-state index in [9.17, 15) is 14.9 Å². The SMILES string of the molecule is C=CC(=O)N1CCN(c2c(C#N)c(=O)n(-c3c(C)ccnc3C(C)C)c3nc(-c4c(N)c(Cl)c(Cl)c(F)c4Cl)c(Cl)cc23)C[C@H]1C. The monoisotopic (exact) mass is 701 g/mol. The summed E-state index contributed by atoms with van der Waals surface area (Å²) in [6.45, 7) is 12.0. The number of hydrogen-bond acceptors (Lipinski definition) is 7. The van der Waals surface area contributed by atoms with Gasteiger partial charge in [-0.05, 0) is 43.5 Å². The summed E-state index contributed by atoms with van der Waals surface area (Å²) >= 11 is 25.6. The van der Waals surface area contributed by atoms with Crippen LogP contribution in [0.15, 0.2) is 35.8 Å². The number of rotatable bonds is 5. The van der Waals surface area contributed by atoms with Crippen molar-refractivity contribution >= 4 is 74.7 Å². The molecule has 46 heavy (non-hydrogen) atoms. The Labute approximate surface area is 284 Å². The number of piperazine rings is 1. The molecule has 1 saturated heterocycles. The number of hydrogen-bond donors (Lipinski definition) is 1. The third-order valence-electron chi connectivity index (χ3n) is 8.05. The highest BCUT2D eigenvalue weighted by Crippen LogP contribution is 2.47. The van der Waals surface area contributed by atoms with Gasteiger partial charge in [0, 0.05) is 42.8 Å². The molecule has 4 heterocycles. The molecule has 0 aliphatic carbocycles. The number of aryl methyl sites for hydroxylation is 1. The predicted molar refractivity (Wildman–Crippen MR) is 182 cm³/mol. The van der Waals surface area contributed by atoms with Crippen molar-refractivity contribution in [2.45, 2.75) is 39.7 Å². The zero-order valence-corrected chi connectivity index (χ0v) is 28.3. The minimum atomic E-state index is -1.01. The molecule has 1 fully saturated rings. The standard InChI is InChI=1S/C32H28Cl4FN7O2/c1-6-20(45)43-10-9-42(13-16(43)5)30-17-11-19(33)28(21-22(34)25(37)23(35)24(36)26(21)39)41-31(17)44(32(46)18(30)12-38)29-15(4)7-8-40-27(29)14(2)3/h6-8,11,14,16H,1,9-10,13,39H2,2-5H3/t16-/m1/s1. The summed E-state index contributed by atoms with van der Waals surface area (Å²) in [6, 6.07) is 5.11.